The standard InChI is InChI=1S/C21H30N4O/c1-2-20-18(14-23-25(20)15-16-9-5-3-6-10-16)21(26)24-19(13-22)17-11-7-4-8-12-17/h3,5-6,9-10,14,17,19H,2,4,7-8,11-13,15,22H2,1H3,(H,24,26). The molecule has 1 atom stereocenters. The Labute approximate surface area is 156 Å². The molecule has 1 saturated carbocycles. The van der Waals surface area contributed by atoms with Crippen molar-refractivity contribution in [2.75, 3.05) is 6.54 Å². The van der Waals surface area contributed by atoms with Gasteiger partial charge in [0.25, 0.3) is 5.91 Å². The van der Waals surface area contributed by atoms with Gasteiger partial charge in [0.2, 0.25) is 0 Å². The second kappa shape index (κ2) is 8.99. The summed E-state index contributed by atoms with van der Waals surface area (Å²) in [7, 11) is 0. The lowest BCUT2D eigenvalue weighted by Crippen LogP contribution is -2.46. The Kier molecular flexibility index (Phi) is 6.45. The van der Waals surface area contributed by atoms with Gasteiger partial charge in [0.05, 0.1) is 24.0 Å². The van der Waals surface area contributed by atoms with E-state index in [0.29, 0.717) is 24.6 Å². The molecule has 26 heavy (non-hydrogen) atoms. The number of nitrogens with two attached hydrogens (primary N) is 1. The molecule has 1 heterocycles. The Balaban J connectivity index is 1.72. The number of hydrogen-bond donors (Lipinski definition) is 2. The summed E-state index contributed by atoms with van der Waals surface area (Å²) in [5.74, 6) is 0.462. The van der Waals surface area contributed by atoms with Crippen molar-refractivity contribution in [2.45, 2.75) is 58.0 Å². The maximum atomic E-state index is 12.9. The third kappa shape index (κ3) is 4.33. The lowest BCUT2D eigenvalue weighted by molar-refractivity contribution is 0.0914. The molecule has 140 valence electrons. The van der Waals surface area contributed by atoms with Gasteiger partial charge in [-0.2, -0.15) is 5.10 Å². The highest BCUT2D eigenvalue weighted by molar-refractivity contribution is 5.95. The summed E-state index contributed by atoms with van der Waals surface area (Å²) in [4.78, 5) is 12.9. The molecule has 1 aromatic heterocycles. The molecule has 0 spiro atoms. The SMILES string of the molecule is CCc1c(C(=O)NC(CN)C2CCCCC2)cnn1Cc1ccccc1. The van der Waals surface area contributed by atoms with E-state index in [4.69, 9.17) is 5.73 Å². The van der Waals surface area contributed by atoms with Crippen LogP contribution in [0.5, 0.6) is 0 Å². The van der Waals surface area contributed by atoms with Crippen molar-refractivity contribution in [3.05, 3.63) is 53.3 Å². The van der Waals surface area contributed by atoms with E-state index in [0.717, 1.165) is 25.0 Å². The van der Waals surface area contributed by atoms with Gasteiger partial charge in [-0.1, -0.05) is 56.5 Å². The minimum Gasteiger partial charge on any atom is -0.348 e. The van der Waals surface area contributed by atoms with Gasteiger partial charge in [0.1, 0.15) is 0 Å². The van der Waals surface area contributed by atoms with Crippen LogP contribution >= 0.6 is 0 Å². The van der Waals surface area contributed by atoms with E-state index in [-0.39, 0.29) is 11.9 Å². The smallest absolute Gasteiger partial charge is 0.255 e. The minimum absolute atomic E-state index is 0.0396. The number of nitrogens with zero attached hydrogens (tertiary/aromatic N) is 2. The molecular formula is C21H30N4O. The molecule has 2 aromatic rings. The monoisotopic (exact) mass is 354 g/mol. The van der Waals surface area contributed by atoms with Crippen LogP contribution in [0.25, 0.3) is 0 Å². The predicted octanol–water partition coefficient (Wildman–Crippen LogP) is 3.13. The van der Waals surface area contributed by atoms with Crippen molar-refractivity contribution in [1.82, 2.24) is 15.1 Å². The van der Waals surface area contributed by atoms with Crippen LogP contribution < -0.4 is 11.1 Å². The first-order chi connectivity index (χ1) is 12.7. The van der Waals surface area contributed by atoms with E-state index in [9.17, 15) is 4.79 Å². The molecule has 0 aliphatic heterocycles. The van der Waals surface area contributed by atoms with Gasteiger partial charge in [-0.15, -0.1) is 0 Å². The first kappa shape index (κ1) is 18.6. The van der Waals surface area contributed by atoms with E-state index in [1.54, 1.807) is 6.20 Å². The van der Waals surface area contributed by atoms with Crippen LogP contribution in [0.15, 0.2) is 36.5 Å². The van der Waals surface area contributed by atoms with Crippen LogP contribution in [0.1, 0.15) is 60.6 Å². The third-order valence-electron chi connectivity index (χ3n) is 5.49. The van der Waals surface area contributed by atoms with Crippen LogP contribution in [0, 0.1) is 5.92 Å². The number of benzene rings is 1. The fourth-order valence-electron chi connectivity index (χ4n) is 4.02. The van der Waals surface area contributed by atoms with E-state index in [1.807, 2.05) is 22.9 Å². The Bertz CT molecular complexity index is 704. The molecule has 1 aliphatic rings. The number of carbonyl (C=O) groups is 1. The number of hydrogen-bond acceptors (Lipinski definition) is 3. The summed E-state index contributed by atoms with van der Waals surface area (Å²) in [6.45, 7) is 3.24. The Morgan fingerprint density at radius 3 is 2.65 bits per heavy atom. The summed E-state index contributed by atoms with van der Waals surface area (Å²) in [6.07, 6.45) is 8.58. The summed E-state index contributed by atoms with van der Waals surface area (Å²) >= 11 is 0. The van der Waals surface area contributed by atoms with Crippen molar-refractivity contribution < 1.29 is 4.79 Å². The molecule has 5 nitrogen and oxygen atoms in total. The number of rotatable bonds is 7. The predicted molar refractivity (Wildman–Crippen MR) is 104 cm³/mol. The maximum absolute atomic E-state index is 12.9. The molecule has 1 amide bonds. The molecular weight excluding hydrogens is 324 g/mol. The highest BCUT2D eigenvalue weighted by atomic mass is 16.1. The zero-order valence-corrected chi connectivity index (χ0v) is 15.7. The average Bonchev–Trinajstić information content (AvgIpc) is 3.10. The molecule has 0 radical (unpaired) electrons. The lowest BCUT2D eigenvalue weighted by atomic mass is 9.84. The number of aromatic nitrogens is 2. The first-order valence-corrected chi connectivity index (χ1v) is 9.82. The average molecular weight is 354 g/mol. The Morgan fingerprint density at radius 1 is 1.27 bits per heavy atom. The van der Waals surface area contributed by atoms with Gasteiger partial charge in [-0.3, -0.25) is 9.48 Å². The summed E-state index contributed by atoms with van der Waals surface area (Å²) in [5, 5.41) is 7.66. The van der Waals surface area contributed by atoms with Crippen LogP contribution in [-0.2, 0) is 13.0 Å². The van der Waals surface area contributed by atoms with Gasteiger partial charge >= 0.3 is 0 Å². The summed E-state index contributed by atoms with van der Waals surface area (Å²) < 4.78 is 1.93. The third-order valence-corrected chi connectivity index (χ3v) is 5.49. The van der Waals surface area contributed by atoms with Gasteiger partial charge in [0.15, 0.2) is 0 Å². The van der Waals surface area contributed by atoms with Crippen molar-refractivity contribution in [1.29, 1.82) is 0 Å². The second-order valence-electron chi connectivity index (χ2n) is 7.22. The Morgan fingerprint density at radius 2 is 2.00 bits per heavy atom. The molecule has 1 fully saturated rings. The summed E-state index contributed by atoms with van der Waals surface area (Å²) in [6, 6.07) is 10.3. The highest BCUT2D eigenvalue weighted by Gasteiger charge is 2.26. The molecule has 3 N–H and O–H groups in total. The lowest BCUT2D eigenvalue weighted by Gasteiger charge is -2.30. The zero-order valence-electron chi connectivity index (χ0n) is 15.7. The second-order valence-corrected chi connectivity index (χ2v) is 7.22. The van der Waals surface area contributed by atoms with Crippen molar-refractivity contribution in [3.63, 3.8) is 0 Å². The van der Waals surface area contributed by atoms with Crippen LogP contribution in [0.2, 0.25) is 0 Å². The van der Waals surface area contributed by atoms with E-state index in [1.165, 1.54) is 24.8 Å². The van der Waals surface area contributed by atoms with Crippen molar-refractivity contribution in [3.8, 4) is 0 Å². The molecule has 0 saturated heterocycles. The van der Waals surface area contributed by atoms with E-state index < -0.39 is 0 Å². The minimum atomic E-state index is -0.0396. The van der Waals surface area contributed by atoms with E-state index in [2.05, 4.69) is 29.5 Å². The molecule has 1 aromatic carbocycles. The van der Waals surface area contributed by atoms with Crippen molar-refractivity contribution in [2.24, 2.45) is 11.7 Å². The largest absolute Gasteiger partial charge is 0.348 e. The maximum Gasteiger partial charge on any atom is 0.255 e. The molecule has 1 aliphatic carbocycles. The van der Waals surface area contributed by atoms with Crippen LogP contribution in [0.3, 0.4) is 0 Å². The van der Waals surface area contributed by atoms with E-state index >= 15 is 0 Å². The zero-order chi connectivity index (χ0) is 18.4. The quantitative estimate of drug-likeness (QED) is 0.802. The van der Waals surface area contributed by atoms with Crippen LogP contribution in [-0.4, -0.2) is 28.3 Å². The Hall–Kier alpha value is -2.14. The highest BCUT2D eigenvalue weighted by Crippen LogP contribution is 2.26. The van der Waals surface area contributed by atoms with Gasteiger partial charge < -0.3 is 11.1 Å². The topological polar surface area (TPSA) is 72.9 Å². The number of nitrogens with one attached hydrogen (secondary N) is 1. The summed E-state index contributed by atoms with van der Waals surface area (Å²) in [5.41, 5.74) is 8.81. The number of carbonyl (C=O) groups excluding carboxylic acids is 1. The first-order valence-electron chi connectivity index (χ1n) is 9.82. The number of amides is 1. The van der Waals surface area contributed by atoms with Gasteiger partial charge in [-0.05, 0) is 30.7 Å². The fraction of sp³-hybridized carbons (Fsp3) is 0.524. The molecule has 5 heteroatoms. The molecule has 0 bridgehead atoms. The molecule has 3 rings (SSSR count). The van der Waals surface area contributed by atoms with Crippen molar-refractivity contribution >= 4 is 5.91 Å². The fourth-order valence-corrected chi connectivity index (χ4v) is 4.02. The molecule has 1 unspecified atom stereocenters. The normalized spacial score (nSPS) is 16.4. The van der Waals surface area contributed by atoms with Gasteiger partial charge in [-0.25, -0.2) is 0 Å². The van der Waals surface area contributed by atoms with Gasteiger partial charge in [0, 0.05) is 12.6 Å². The van der Waals surface area contributed by atoms with Crippen LogP contribution in [0.4, 0.5) is 0 Å².